The number of aryl methyl sites for hydroxylation is 1. The maximum atomic E-state index is 11.7. The fourth-order valence-corrected chi connectivity index (χ4v) is 2.01. The number of benzene rings is 1. The van der Waals surface area contributed by atoms with Gasteiger partial charge in [-0.05, 0) is 19.9 Å². The predicted molar refractivity (Wildman–Crippen MR) is 74.2 cm³/mol. The Labute approximate surface area is 117 Å². The molecule has 0 atom stereocenters. The van der Waals surface area contributed by atoms with Crippen LogP contribution >= 0.6 is 0 Å². The number of hydrogen-bond acceptors (Lipinski definition) is 5. The first-order valence-corrected chi connectivity index (χ1v) is 6.20. The summed E-state index contributed by atoms with van der Waals surface area (Å²) in [5.41, 5.74) is 5.52. The monoisotopic (exact) mass is 275 g/mol. The third kappa shape index (κ3) is 2.59. The molecule has 6 nitrogen and oxygen atoms in total. The number of ether oxygens (including phenoxy) is 1. The molecule has 20 heavy (non-hydrogen) atoms. The van der Waals surface area contributed by atoms with Gasteiger partial charge >= 0.3 is 5.97 Å². The molecule has 0 unspecified atom stereocenters. The van der Waals surface area contributed by atoms with Crippen LogP contribution in [-0.2, 0) is 11.3 Å². The van der Waals surface area contributed by atoms with Gasteiger partial charge < -0.3 is 15.3 Å². The highest BCUT2D eigenvalue weighted by atomic mass is 16.5. The zero-order valence-corrected chi connectivity index (χ0v) is 11.7. The number of methoxy groups -OCH3 is 1. The lowest BCUT2D eigenvalue weighted by atomic mass is 10.2. The molecule has 2 aromatic rings. The van der Waals surface area contributed by atoms with Crippen LogP contribution in [0.1, 0.15) is 27.3 Å². The van der Waals surface area contributed by atoms with E-state index in [2.05, 4.69) is 10.5 Å². The fourth-order valence-electron chi connectivity index (χ4n) is 2.01. The highest BCUT2D eigenvalue weighted by molar-refractivity contribution is 5.91. The molecule has 0 saturated heterocycles. The van der Waals surface area contributed by atoms with Crippen molar-refractivity contribution in [1.82, 2.24) is 9.89 Å². The van der Waals surface area contributed by atoms with E-state index in [0.29, 0.717) is 23.5 Å². The van der Waals surface area contributed by atoms with Gasteiger partial charge in [-0.3, -0.25) is 0 Å². The minimum Gasteiger partial charge on any atom is -0.508 e. The van der Waals surface area contributed by atoms with Crippen molar-refractivity contribution < 1.29 is 14.6 Å². The number of phenolic OH excluding ortho intramolecular Hbond substituents is 1. The number of nitrogens with one attached hydrogen (secondary N) is 1. The van der Waals surface area contributed by atoms with E-state index in [1.807, 2.05) is 12.1 Å². The minimum atomic E-state index is -0.407. The summed E-state index contributed by atoms with van der Waals surface area (Å²) < 4.78 is 4.73. The average Bonchev–Trinajstić information content (AvgIpc) is 2.72. The number of nitrogens with zero attached hydrogens (tertiary/aromatic N) is 2. The summed E-state index contributed by atoms with van der Waals surface area (Å²) in [6.45, 7) is 3.93. The SMILES string of the molecule is COC(=O)c1c(C)nn(NCc2ccccc2O)c1C. The van der Waals surface area contributed by atoms with Crippen LogP contribution in [0, 0.1) is 13.8 Å². The molecule has 0 bridgehead atoms. The van der Waals surface area contributed by atoms with Gasteiger partial charge in [-0.15, -0.1) is 0 Å². The number of rotatable bonds is 4. The Balaban J connectivity index is 2.19. The molecule has 2 rings (SSSR count). The molecule has 0 amide bonds. The highest BCUT2D eigenvalue weighted by Gasteiger charge is 2.19. The molecule has 0 aliphatic carbocycles. The maximum Gasteiger partial charge on any atom is 0.341 e. The second kappa shape index (κ2) is 5.64. The first-order valence-electron chi connectivity index (χ1n) is 6.20. The van der Waals surface area contributed by atoms with E-state index < -0.39 is 5.97 Å². The lowest BCUT2D eigenvalue weighted by molar-refractivity contribution is 0.0599. The van der Waals surface area contributed by atoms with Crippen molar-refractivity contribution in [2.24, 2.45) is 0 Å². The molecular weight excluding hydrogens is 258 g/mol. The maximum absolute atomic E-state index is 11.7. The molecule has 0 aliphatic rings. The van der Waals surface area contributed by atoms with Crippen molar-refractivity contribution >= 4 is 5.97 Å². The zero-order chi connectivity index (χ0) is 14.7. The van der Waals surface area contributed by atoms with Crippen molar-refractivity contribution in [3.05, 3.63) is 46.8 Å². The number of hydrogen-bond donors (Lipinski definition) is 2. The Morgan fingerprint density at radius 1 is 1.40 bits per heavy atom. The summed E-state index contributed by atoms with van der Waals surface area (Å²) in [5, 5.41) is 13.9. The smallest absolute Gasteiger partial charge is 0.341 e. The summed E-state index contributed by atoms with van der Waals surface area (Å²) in [6, 6.07) is 7.04. The van der Waals surface area contributed by atoms with Crippen LogP contribution in [0.3, 0.4) is 0 Å². The van der Waals surface area contributed by atoms with E-state index in [1.54, 1.807) is 26.0 Å². The van der Waals surface area contributed by atoms with Gasteiger partial charge in [0.2, 0.25) is 0 Å². The summed E-state index contributed by atoms with van der Waals surface area (Å²) in [7, 11) is 1.34. The van der Waals surface area contributed by atoms with Crippen molar-refractivity contribution in [1.29, 1.82) is 0 Å². The molecule has 1 aromatic heterocycles. The molecule has 106 valence electrons. The van der Waals surface area contributed by atoms with Crippen molar-refractivity contribution in [2.75, 3.05) is 12.5 Å². The van der Waals surface area contributed by atoms with Gasteiger partial charge in [-0.1, -0.05) is 18.2 Å². The van der Waals surface area contributed by atoms with Crippen LogP contribution in [-0.4, -0.2) is 28.1 Å². The molecular formula is C14H17N3O3. The number of para-hydroxylation sites is 1. The summed E-state index contributed by atoms with van der Waals surface area (Å²) in [6.07, 6.45) is 0. The molecule has 6 heteroatoms. The van der Waals surface area contributed by atoms with Crippen LogP contribution < -0.4 is 5.43 Å². The van der Waals surface area contributed by atoms with E-state index in [4.69, 9.17) is 4.74 Å². The quantitative estimate of drug-likeness (QED) is 0.831. The number of esters is 1. The Morgan fingerprint density at radius 2 is 2.10 bits per heavy atom. The topological polar surface area (TPSA) is 76.4 Å². The Morgan fingerprint density at radius 3 is 2.75 bits per heavy atom. The van der Waals surface area contributed by atoms with Crippen molar-refractivity contribution in [3.63, 3.8) is 0 Å². The Bertz CT molecular complexity index is 635. The fraction of sp³-hybridized carbons (Fsp3) is 0.286. The lowest BCUT2D eigenvalue weighted by Crippen LogP contribution is -2.18. The van der Waals surface area contributed by atoms with Gasteiger partial charge in [-0.25, -0.2) is 4.79 Å². The van der Waals surface area contributed by atoms with E-state index in [9.17, 15) is 9.90 Å². The second-order valence-corrected chi connectivity index (χ2v) is 4.41. The molecule has 1 aromatic carbocycles. The molecule has 0 radical (unpaired) electrons. The van der Waals surface area contributed by atoms with Gasteiger partial charge in [0.1, 0.15) is 11.3 Å². The number of carbonyl (C=O) groups is 1. The predicted octanol–water partition coefficient (Wildman–Crippen LogP) is 1.74. The number of carbonyl (C=O) groups excluding carboxylic acids is 1. The molecule has 1 heterocycles. The molecule has 0 spiro atoms. The minimum absolute atomic E-state index is 0.217. The van der Waals surface area contributed by atoms with Gasteiger partial charge in [0.25, 0.3) is 0 Å². The van der Waals surface area contributed by atoms with Crippen molar-refractivity contribution in [3.8, 4) is 5.75 Å². The third-order valence-electron chi connectivity index (χ3n) is 3.09. The van der Waals surface area contributed by atoms with Crippen LogP contribution in [0.5, 0.6) is 5.75 Å². The number of aromatic nitrogens is 2. The van der Waals surface area contributed by atoms with Crippen LogP contribution in [0.4, 0.5) is 0 Å². The van der Waals surface area contributed by atoms with Gasteiger partial charge in [0.05, 0.1) is 25.0 Å². The Hall–Kier alpha value is -2.50. The largest absolute Gasteiger partial charge is 0.508 e. The van der Waals surface area contributed by atoms with E-state index in [0.717, 1.165) is 5.56 Å². The van der Waals surface area contributed by atoms with Gasteiger partial charge in [-0.2, -0.15) is 9.89 Å². The van der Waals surface area contributed by atoms with Gasteiger partial charge in [0, 0.05) is 5.56 Å². The zero-order valence-electron chi connectivity index (χ0n) is 11.7. The van der Waals surface area contributed by atoms with Crippen LogP contribution in [0.2, 0.25) is 0 Å². The average molecular weight is 275 g/mol. The van der Waals surface area contributed by atoms with Crippen LogP contribution in [0.15, 0.2) is 24.3 Å². The Kier molecular flexibility index (Phi) is 3.93. The number of phenols is 1. The molecule has 0 fully saturated rings. The lowest BCUT2D eigenvalue weighted by Gasteiger charge is -2.09. The van der Waals surface area contributed by atoms with Crippen molar-refractivity contribution in [2.45, 2.75) is 20.4 Å². The third-order valence-corrected chi connectivity index (χ3v) is 3.09. The molecule has 2 N–H and O–H groups in total. The second-order valence-electron chi connectivity index (χ2n) is 4.41. The van der Waals surface area contributed by atoms with Gasteiger partial charge in [0.15, 0.2) is 0 Å². The summed E-state index contributed by atoms with van der Waals surface area (Å²) in [5.74, 6) is -0.190. The highest BCUT2D eigenvalue weighted by Crippen LogP contribution is 2.17. The van der Waals surface area contributed by atoms with Crippen LogP contribution in [0.25, 0.3) is 0 Å². The van der Waals surface area contributed by atoms with E-state index in [1.165, 1.54) is 11.9 Å². The standard InChI is InChI=1S/C14H17N3O3/c1-9-13(14(19)20-3)10(2)17(16-9)15-8-11-6-4-5-7-12(11)18/h4-7,15,18H,8H2,1-3H3. The molecule has 0 aliphatic heterocycles. The van der Waals surface area contributed by atoms with E-state index in [-0.39, 0.29) is 5.75 Å². The van der Waals surface area contributed by atoms with E-state index >= 15 is 0 Å². The summed E-state index contributed by atoms with van der Waals surface area (Å²) in [4.78, 5) is 13.2. The summed E-state index contributed by atoms with van der Waals surface area (Å²) >= 11 is 0. The first-order chi connectivity index (χ1) is 9.54. The first kappa shape index (κ1) is 13.9. The molecule has 0 saturated carbocycles. The normalized spacial score (nSPS) is 10.3. The number of aromatic hydroxyl groups is 1.